The van der Waals surface area contributed by atoms with E-state index >= 15 is 0 Å². The highest BCUT2D eigenvalue weighted by atomic mass is 32.1. The number of carbonyl (C=O) groups is 3. The Balaban J connectivity index is 2.17. The van der Waals surface area contributed by atoms with Gasteiger partial charge in [-0.3, -0.25) is 9.59 Å². The number of esters is 1. The van der Waals surface area contributed by atoms with Crippen LogP contribution in [0, 0.1) is 12.8 Å². The summed E-state index contributed by atoms with van der Waals surface area (Å²) in [6, 6.07) is 0. The van der Waals surface area contributed by atoms with E-state index in [2.05, 4.69) is 5.32 Å². The molecule has 1 saturated carbocycles. The van der Waals surface area contributed by atoms with E-state index in [1.54, 1.807) is 11.8 Å². The Morgan fingerprint density at radius 3 is 2.36 bits per heavy atom. The molecule has 0 saturated heterocycles. The van der Waals surface area contributed by atoms with E-state index < -0.39 is 5.97 Å². The lowest BCUT2D eigenvalue weighted by Crippen LogP contribution is -2.30. The Bertz CT molecular complexity index is 704. The summed E-state index contributed by atoms with van der Waals surface area (Å²) in [5, 5.41) is 3.28. The van der Waals surface area contributed by atoms with E-state index in [1.807, 2.05) is 13.8 Å². The van der Waals surface area contributed by atoms with Gasteiger partial charge in [-0.05, 0) is 38.7 Å². The summed E-state index contributed by atoms with van der Waals surface area (Å²) >= 11 is 1.16. The Morgan fingerprint density at radius 1 is 1.14 bits per heavy atom. The molecule has 1 aliphatic rings. The summed E-state index contributed by atoms with van der Waals surface area (Å²) in [5.41, 5.74) is 0.852. The van der Waals surface area contributed by atoms with Crippen LogP contribution < -0.4 is 5.32 Å². The largest absolute Gasteiger partial charge is 0.465 e. The van der Waals surface area contributed by atoms with Crippen molar-refractivity contribution in [2.75, 3.05) is 25.5 Å². The zero-order valence-corrected chi connectivity index (χ0v) is 18.2. The highest BCUT2D eigenvalue weighted by molar-refractivity contribution is 7.18. The number of methoxy groups -OCH3 is 1. The number of nitrogens with one attached hydrogen (secondary N) is 1. The Hall–Kier alpha value is -1.89. The molecule has 0 bridgehead atoms. The summed E-state index contributed by atoms with van der Waals surface area (Å²) in [5.74, 6) is -0.154. The van der Waals surface area contributed by atoms with Crippen LogP contribution in [0.25, 0.3) is 0 Å². The molecule has 2 rings (SSSR count). The van der Waals surface area contributed by atoms with Crippen LogP contribution in [0.5, 0.6) is 0 Å². The van der Waals surface area contributed by atoms with Crippen LogP contribution in [-0.2, 0) is 9.53 Å². The van der Waals surface area contributed by atoms with Crippen molar-refractivity contribution in [3.8, 4) is 0 Å². The summed E-state index contributed by atoms with van der Waals surface area (Å²) < 4.78 is 4.89. The van der Waals surface area contributed by atoms with Crippen molar-refractivity contribution in [3.05, 3.63) is 16.0 Å². The zero-order valence-electron chi connectivity index (χ0n) is 17.4. The summed E-state index contributed by atoms with van der Waals surface area (Å²) in [7, 11) is 1.31. The van der Waals surface area contributed by atoms with Crippen LogP contribution >= 0.6 is 11.3 Å². The van der Waals surface area contributed by atoms with Gasteiger partial charge < -0.3 is 15.0 Å². The number of ether oxygens (including phenoxy) is 1. The van der Waals surface area contributed by atoms with Gasteiger partial charge in [0.25, 0.3) is 5.91 Å². The fourth-order valence-corrected chi connectivity index (χ4v) is 4.99. The molecule has 6 nitrogen and oxygen atoms in total. The van der Waals surface area contributed by atoms with E-state index in [1.165, 1.54) is 39.2 Å². The number of amides is 2. The average Bonchev–Trinajstić information content (AvgIpc) is 3.03. The number of rotatable bonds is 8. The summed E-state index contributed by atoms with van der Waals surface area (Å²) in [6.45, 7) is 6.74. The van der Waals surface area contributed by atoms with Crippen molar-refractivity contribution < 1.29 is 19.1 Å². The molecule has 28 heavy (non-hydrogen) atoms. The number of nitrogens with zero attached hydrogens (tertiary/aromatic N) is 1. The van der Waals surface area contributed by atoms with Gasteiger partial charge in [0, 0.05) is 19.5 Å². The first kappa shape index (κ1) is 22.4. The highest BCUT2D eigenvalue weighted by Crippen LogP contribution is 2.35. The second-order valence-electron chi connectivity index (χ2n) is 7.32. The van der Waals surface area contributed by atoms with Crippen LogP contribution in [0.2, 0.25) is 0 Å². The zero-order chi connectivity index (χ0) is 20.7. The smallest absolute Gasteiger partial charge is 0.341 e. The second-order valence-corrected chi connectivity index (χ2v) is 8.34. The topological polar surface area (TPSA) is 75.7 Å². The second kappa shape index (κ2) is 10.6. The van der Waals surface area contributed by atoms with Gasteiger partial charge in [-0.1, -0.05) is 32.1 Å². The maximum atomic E-state index is 12.8. The fourth-order valence-electron chi connectivity index (χ4n) is 3.81. The molecule has 1 heterocycles. The lowest BCUT2D eigenvalue weighted by molar-refractivity contribution is -0.116. The number of carbonyl (C=O) groups excluding carboxylic acids is 3. The molecular weight excluding hydrogens is 376 g/mol. The van der Waals surface area contributed by atoms with E-state index in [-0.39, 0.29) is 17.4 Å². The van der Waals surface area contributed by atoms with Crippen LogP contribution in [0.15, 0.2) is 0 Å². The monoisotopic (exact) mass is 408 g/mol. The lowest BCUT2D eigenvalue weighted by atomic mass is 9.86. The van der Waals surface area contributed by atoms with E-state index in [0.717, 1.165) is 17.8 Å². The molecule has 1 N–H and O–H groups in total. The van der Waals surface area contributed by atoms with Gasteiger partial charge in [0.1, 0.15) is 5.00 Å². The van der Waals surface area contributed by atoms with Crippen LogP contribution in [0.1, 0.15) is 84.4 Å². The van der Waals surface area contributed by atoms with Crippen LogP contribution in [0.4, 0.5) is 5.00 Å². The lowest BCUT2D eigenvalue weighted by Gasteiger charge is -2.20. The first-order valence-corrected chi connectivity index (χ1v) is 11.0. The third kappa shape index (κ3) is 5.34. The van der Waals surface area contributed by atoms with Gasteiger partial charge in [-0.15, -0.1) is 11.3 Å². The van der Waals surface area contributed by atoms with E-state index in [4.69, 9.17) is 4.74 Å². The molecule has 1 aliphatic carbocycles. The molecule has 7 heteroatoms. The molecule has 1 fully saturated rings. The predicted molar refractivity (Wildman–Crippen MR) is 112 cm³/mol. The Morgan fingerprint density at radius 2 is 1.79 bits per heavy atom. The fraction of sp³-hybridized carbons (Fsp3) is 0.667. The van der Waals surface area contributed by atoms with Crippen molar-refractivity contribution in [1.82, 2.24) is 4.90 Å². The number of hydrogen-bond donors (Lipinski definition) is 1. The van der Waals surface area contributed by atoms with Crippen molar-refractivity contribution in [2.45, 2.75) is 65.7 Å². The van der Waals surface area contributed by atoms with Gasteiger partial charge in [-0.25, -0.2) is 4.79 Å². The quantitative estimate of drug-likeness (QED) is 0.637. The molecule has 0 radical (unpaired) electrons. The maximum absolute atomic E-state index is 12.8. The number of hydrogen-bond acceptors (Lipinski definition) is 5. The normalized spacial score (nSPS) is 14.6. The minimum absolute atomic E-state index is 0.112. The van der Waals surface area contributed by atoms with Gasteiger partial charge in [0.2, 0.25) is 5.91 Å². The molecule has 0 atom stereocenters. The number of anilines is 1. The van der Waals surface area contributed by atoms with E-state index in [9.17, 15) is 14.4 Å². The molecule has 0 aliphatic heterocycles. The van der Waals surface area contributed by atoms with Crippen molar-refractivity contribution in [2.24, 2.45) is 5.92 Å². The summed E-state index contributed by atoms with van der Waals surface area (Å²) in [4.78, 5) is 39.8. The standard InChI is InChI=1S/C21H32N2O4S/c1-5-23(6-2)20(25)18-14(3)17(21(26)27-4)19(28-18)22-16(24)13-12-15-10-8-7-9-11-15/h15H,5-13H2,1-4H3,(H,22,24). The van der Waals surface area contributed by atoms with Gasteiger partial charge in [0.05, 0.1) is 17.6 Å². The minimum Gasteiger partial charge on any atom is -0.465 e. The Labute approximate surface area is 171 Å². The Kier molecular flexibility index (Phi) is 8.48. The van der Waals surface area contributed by atoms with Crippen molar-refractivity contribution in [3.63, 3.8) is 0 Å². The molecule has 0 aromatic carbocycles. The molecule has 0 unspecified atom stereocenters. The highest BCUT2D eigenvalue weighted by Gasteiger charge is 2.28. The van der Waals surface area contributed by atoms with Gasteiger partial charge in [-0.2, -0.15) is 0 Å². The van der Waals surface area contributed by atoms with Gasteiger partial charge in [0.15, 0.2) is 0 Å². The van der Waals surface area contributed by atoms with Gasteiger partial charge >= 0.3 is 5.97 Å². The molecule has 1 aromatic rings. The maximum Gasteiger partial charge on any atom is 0.341 e. The molecule has 1 aromatic heterocycles. The SMILES string of the molecule is CCN(CC)C(=O)c1sc(NC(=O)CCC2CCCCC2)c(C(=O)OC)c1C. The molecular formula is C21H32N2O4S. The van der Waals surface area contributed by atoms with Crippen LogP contribution in [0.3, 0.4) is 0 Å². The van der Waals surface area contributed by atoms with Crippen molar-refractivity contribution >= 4 is 34.1 Å². The third-order valence-electron chi connectivity index (χ3n) is 5.54. The molecule has 0 spiro atoms. The van der Waals surface area contributed by atoms with Crippen molar-refractivity contribution in [1.29, 1.82) is 0 Å². The first-order chi connectivity index (χ1) is 13.4. The molecule has 2 amide bonds. The predicted octanol–water partition coefficient (Wildman–Crippen LogP) is 4.62. The number of thiophene rings is 1. The summed E-state index contributed by atoms with van der Waals surface area (Å²) in [6.07, 6.45) is 7.49. The molecule has 156 valence electrons. The first-order valence-electron chi connectivity index (χ1n) is 10.2. The average molecular weight is 409 g/mol. The van der Waals surface area contributed by atoms with Crippen LogP contribution in [-0.4, -0.2) is 42.9 Å². The minimum atomic E-state index is -0.532. The third-order valence-corrected chi connectivity index (χ3v) is 6.73. The van der Waals surface area contributed by atoms with E-state index in [0.29, 0.717) is 40.9 Å².